The Morgan fingerprint density at radius 3 is 0.848 bits per heavy atom. The second-order valence-corrected chi connectivity index (χ2v) is 23.4. The highest BCUT2D eigenvalue weighted by Crippen LogP contribution is 2.80. The summed E-state index contributed by atoms with van der Waals surface area (Å²) in [5.74, 6) is 3.37. The molecule has 1 aliphatic rings. The molecule has 2 N–H and O–H groups in total. The Labute approximate surface area is 395 Å². The zero-order valence-electron chi connectivity index (χ0n) is 39.6. The van der Waals surface area contributed by atoms with E-state index in [1.54, 1.807) is 0 Å². The van der Waals surface area contributed by atoms with Crippen molar-refractivity contribution >= 4 is 23.7 Å². The van der Waals surface area contributed by atoms with Crippen molar-refractivity contribution in [1.82, 2.24) is 9.72 Å². The Balaban J connectivity index is 1.48. The van der Waals surface area contributed by atoms with Gasteiger partial charge in [-0.1, -0.05) is 153 Å². The van der Waals surface area contributed by atoms with E-state index >= 15 is 0 Å². The van der Waals surface area contributed by atoms with Crippen molar-refractivity contribution in [2.24, 2.45) is 4.52 Å². The van der Waals surface area contributed by atoms with E-state index in [1.807, 2.05) is 72.8 Å². The lowest BCUT2D eigenvalue weighted by molar-refractivity contribution is 0.403. The van der Waals surface area contributed by atoms with Crippen LogP contribution in [-0.2, 0) is 38.5 Å². The van der Waals surface area contributed by atoms with E-state index < -0.39 is 23.7 Å². The summed E-state index contributed by atoms with van der Waals surface area (Å²) < 4.78 is 49.0. The quantitative estimate of drug-likeness (QED) is 0.0580. The minimum atomic E-state index is -3.86. The topological polar surface area (TPSA) is 91.8 Å². The molecular weight excluding hydrogens is 880 g/mol. The first kappa shape index (κ1) is 49.0. The van der Waals surface area contributed by atoms with Crippen LogP contribution >= 0.6 is 23.7 Å². The molecule has 0 spiro atoms. The van der Waals surface area contributed by atoms with Gasteiger partial charge in [-0.05, 0) is 145 Å². The average molecular weight is 948 g/mol. The Hall–Kier alpha value is -4.87. The number of hydrogen-bond acceptors (Lipinski definition) is 9. The Bertz CT molecular complexity index is 2290. The molecule has 0 aliphatic carbocycles. The van der Waals surface area contributed by atoms with Gasteiger partial charge < -0.3 is 9.05 Å². The SMILES string of the molecule is CCCc1ccc(OP2(Oc3ccc(CCC)cc3)=N[P+](Oc3ccc(CCC)cc3)(Oc3ccc(CCC)cc3)N[P+](Oc3ccc(CCC)cc3)(Oc3ccc(CCC)cc3)N2)cc1. The maximum absolute atomic E-state index is 7.27. The highest BCUT2D eigenvalue weighted by molar-refractivity contribution is 7.89. The van der Waals surface area contributed by atoms with Gasteiger partial charge in [0.25, 0.3) is 0 Å². The molecule has 1 aliphatic heterocycles. The van der Waals surface area contributed by atoms with Gasteiger partial charge in [0.15, 0.2) is 23.0 Å². The molecule has 0 fully saturated rings. The molecule has 0 saturated carbocycles. The highest BCUT2D eigenvalue weighted by atomic mass is 31.3. The van der Waals surface area contributed by atoms with Crippen LogP contribution in [0.25, 0.3) is 0 Å². The van der Waals surface area contributed by atoms with Crippen molar-refractivity contribution in [3.63, 3.8) is 0 Å². The Morgan fingerprint density at radius 1 is 0.348 bits per heavy atom. The lowest BCUT2D eigenvalue weighted by Gasteiger charge is -2.34. The zero-order chi connectivity index (χ0) is 46.2. The smallest absolute Gasteiger partial charge is 0.415 e. The maximum Gasteiger partial charge on any atom is 0.617 e. The average Bonchev–Trinajstić information content (AvgIpc) is 3.31. The van der Waals surface area contributed by atoms with Gasteiger partial charge in [0.05, 0.1) is 4.52 Å². The fourth-order valence-electron chi connectivity index (χ4n) is 7.74. The van der Waals surface area contributed by atoms with Crippen molar-refractivity contribution in [1.29, 1.82) is 0 Å². The third kappa shape index (κ3) is 13.6. The monoisotopic (exact) mass is 947 g/mol. The number of nitrogens with one attached hydrogen (secondary N) is 2. The Kier molecular flexibility index (Phi) is 17.6. The van der Waals surface area contributed by atoms with E-state index in [4.69, 9.17) is 31.7 Å². The number of benzene rings is 6. The molecule has 1 heterocycles. The molecule has 0 saturated heterocycles. The lowest BCUT2D eigenvalue weighted by Crippen LogP contribution is -2.41. The first-order valence-corrected chi connectivity index (χ1v) is 28.7. The first-order chi connectivity index (χ1) is 32.2. The molecule has 0 radical (unpaired) electrons. The van der Waals surface area contributed by atoms with Crippen molar-refractivity contribution < 1.29 is 27.1 Å². The molecule has 0 bridgehead atoms. The number of rotatable bonds is 24. The summed E-state index contributed by atoms with van der Waals surface area (Å²) in [6.07, 6.45) is 11.8. The van der Waals surface area contributed by atoms with Gasteiger partial charge in [0.1, 0.15) is 16.4 Å². The molecule has 0 amide bonds. The largest absolute Gasteiger partial charge is 0.617 e. The van der Waals surface area contributed by atoms with E-state index in [0.29, 0.717) is 34.5 Å². The predicted molar refractivity (Wildman–Crippen MR) is 276 cm³/mol. The van der Waals surface area contributed by atoms with Crippen LogP contribution in [0.1, 0.15) is 113 Å². The number of hydrogen-bond donors (Lipinski definition) is 2. The molecule has 9 nitrogen and oxygen atoms in total. The van der Waals surface area contributed by atoms with Crippen LogP contribution in [0.4, 0.5) is 0 Å². The van der Waals surface area contributed by atoms with Crippen LogP contribution in [0.3, 0.4) is 0 Å². The molecule has 6 aromatic carbocycles. The van der Waals surface area contributed by atoms with E-state index in [9.17, 15) is 0 Å². The number of aryl methyl sites for hydroxylation is 6. The van der Waals surface area contributed by atoms with Crippen molar-refractivity contribution in [2.75, 3.05) is 0 Å². The minimum Gasteiger partial charge on any atom is -0.415 e. The molecular formula is C54H68N3O6P3+2. The molecule has 6 aromatic rings. The molecule has 0 unspecified atom stereocenters. The summed E-state index contributed by atoms with van der Waals surface area (Å²) in [6, 6.07) is 48.8. The summed E-state index contributed by atoms with van der Waals surface area (Å²) in [6.45, 7) is 13.1. The second-order valence-electron chi connectivity index (χ2n) is 16.8. The molecule has 348 valence electrons. The number of nitrogens with zero attached hydrogens (tertiary/aromatic N) is 1. The van der Waals surface area contributed by atoms with Crippen molar-refractivity contribution in [2.45, 2.75) is 119 Å². The predicted octanol–water partition coefficient (Wildman–Crippen LogP) is 16.7. The fourth-order valence-corrected chi connectivity index (χ4v) is 17.7. The van der Waals surface area contributed by atoms with Crippen LogP contribution in [0.2, 0.25) is 0 Å². The lowest BCUT2D eigenvalue weighted by atomic mass is 10.1. The molecule has 7 rings (SSSR count). The van der Waals surface area contributed by atoms with Gasteiger partial charge in [-0.2, -0.15) is 0 Å². The van der Waals surface area contributed by atoms with Gasteiger partial charge in [0.2, 0.25) is 0 Å². The minimum absolute atomic E-state index is 0.556. The Morgan fingerprint density at radius 2 is 0.591 bits per heavy atom. The molecule has 0 aromatic heterocycles. The van der Waals surface area contributed by atoms with Gasteiger partial charge in [-0.15, -0.1) is 0 Å². The normalized spacial score (nSPS) is 14.7. The summed E-state index contributed by atoms with van der Waals surface area (Å²) >= 11 is 0. The third-order valence-corrected chi connectivity index (χ3v) is 19.7. The standard InChI is InChI=1S/C54H68N3O6P3/c1-7-13-43-19-31-49(32-20-43)58-64(59-50-33-21-44(14-8-2)22-34-50)55-65(60-51-35-23-45(15-9-3)24-36-51,61-52-37-25-46(16-10-4)26-38-52)57-66(56-64,62-53-39-27-47(17-11-5)28-40-53)63-54-41-29-48(18-12-6)30-42-54/h19-42,55-56H,7-18H2,1-6H3/q+2. The zero-order valence-corrected chi connectivity index (χ0v) is 42.3. The maximum atomic E-state index is 7.27. The summed E-state index contributed by atoms with van der Waals surface area (Å²) in [4.78, 5) is 7.47. The van der Waals surface area contributed by atoms with E-state index in [0.717, 1.165) is 77.0 Å². The highest BCUT2D eigenvalue weighted by Gasteiger charge is 2.75. The second kappa shape index (κ2) is 23.7. The van der Waals surface area contributed by atoms with Gasteiger partial charge in [-0.3, -0.25) is 18.1 Å². The van der Waals surface area contributed by atoms with Crippen LogP contribution < -0.4 is 36.9 Å². The molecule has 66 heavy (non-hydrogen) atoms. The van der Waals surface area contributed by atoms with E-state index in [2.05, 4.69) is 124 Å². The van der Waals surface area contributed by atoms with Crippen LogP contribution in [0.5, 0.6) is 34.5 Å². The van der Waals surface area contributed by atoms with Crippen LogP contribution in [0.15, 0.2) is 150 Å². The van der Waals surface area contributed by atoms with Crippen molar-refractivity contribution in [3.8, 4) is 34.5 Å². The van der Waals surface area contributed by atoms with Crippen LogP contribution in [-0.4, -0.2) is 0 Å². The first-order valence-electron chi connectivity index (χ1n) is 23.9. The molecule has 0 atom stereocenters. The summed E-state index contributed by atoms with van der Waals surface area (Å²) in [5, 5.41) is 0. The third-order valence-electron chi connectivity index (χ3n) is 10.9. The molecule has 12 heteroatoms. The van der Waals surface area contributed by atoms with E-state index in [-0.39, 0.29) is 0 Å². The fraction of sp³-hybridized carbons (Fsp3) is 0.333. The van der Waals surface area contributed by atoms with Gasteiger partial charge in [0, 0.05) is 4.86 Å². The van der Waals surface area contributed by atoms with Gasteiger partial charge in [-0.25, -0.2) is 0 Å². The van der Waals surface area contributed by atoms with Gasteiger partial charge >= 0.3 is 23.7 Å². The van der Waals surface area contributed by atoms with E-state index in [1.165, 1.54) is 33.4 Å². The summed E-state index contributed by atoms with van der Waals surface area (Å²) in [5.41, 5.74) is 7.25. The van der Waals surface area contributed by atoms with Crippen LogP contribution in [0, 0.1) is 0 Å². The van der Waals surface area contributed by atoms with Crippen molar-refractivity contribution in [3.05, 3.63) is 179 Å². The summed E-state index contributed by atoms with van der Waals surface area (Å²) in [7, 11) is -11.5.